The van der Waals surface area contributed by atoms with Gasteiger partial charge >= 0.3 is 5.97 Å². The molecule has 0 aromatic rings. The molecule has 1 rings (SSSR count). The van der Waals surface area contributed by atoms with Crippen molar-refractivity contribution >= 4 is 5.97 Å². The van der Waals surface area contributed by atoms with Crippen LogP contribution in [0.1, 0.15) is 20.8 Å². The van der Waals surface area contributed by atoms with E-state index in [0.717, 1.165) is 32.7 Å². The molecule has 1 heterocycles. The fourth-order valence-electron chi connectivity index (χ4n) is 1.90. The molecule has 1 N–H and O–H groups in total. The number of piperazine rings is 1. The highest BCUT2D eigenvalue weighted by Gasteiger charge is 2.24. The first-order chi connectivity index (χ1) is 7.39. The van der Waals surface area contributed by atoms with Crippen LogP contribution in [0.4, 0.5) is 0 Å². The van der Waals surface area contributed by atoms with Crippen molar-refractivity contribution in [2.75, 3.05) is 32.7 Å². The summed E-state index contributed by atoms with van der Waals surface area (Å²) in [6.45, 7) is 11.6. The Labute approximate surface area is 97.5 Å². The number of hydrogen-bond donors (Lipinski definition) is 1. The van der Waals surface area contributed by atoms with Crippen molar-refractivity contribution in [3.8, 4) is 0 Å². The number of carboxylic acid groups (broad SMARTS) is 1. The summed E-state index contributed by atoms with van der Waals surface area (Å²) in [5.41, 5.74) is 0.239. The Morgan fingerprint density at radius 1 is 1.25 bits per heavy atom. The minimum atomic E-state index is -0.867. The molecule has 0 aromatic carbocycles. The molecule has 4 heteroatoms. The minimum Gasteiger partial charge on any atom is -0.478 e. The molecule has 1 fully saturated rings. The molecule has 0 saturated carbocycles. The summed E-state index contributed by atoms with van der Waals surface area (Å²) in [6, 6.07) is 0. The lowest BCUT2D eigenvalue weighted by atomic mass is 10.1. The third-order valence-electron chi connectivity index (χ3n) is 2.95. The molecule has 0 spiro atoms. The normalized spacial score (nSPS) is 20.4. The van der Waals surface area contributed by atoms with Gasteiger partial charge in [-0.3, -0.25) is 9.80 Å². The minimum absolute atomic E-state index is 0.239. The van der Waals surface area contributed by atoms with Crippen molar-refractivity contribution in [1.82, 2.24) is 9.80 Å². The first-order valence-electron chi connectivity index (χ1n) is 5.76. The third-order valence-corrected chi connectivity index (χ3v) is 2.95. The third kappa shape index (κ3) is 4.33. The molecule has 0 aromatic heterocycles. The van der Waals surface area contributed by atoms with Crippen molar-refractivity contribution < 1.29 is 9.90 Å². The van der Waals surface area contributed by atoms with Gasteiger partial charge in [0.1, 0.15) is 0 Å². The van der Waals surface area contributed by atoms with Crippen molar-refractivity contribution in [1.29, 1.82) is 0 Å². The lowest BCUT2D eigenvalue weighted by Gasteiger charge is -2.42. The van der Waals surface area contributed by atoms with E-state index in [-0.39, 0.29) is 5.54 Å². The van der Waals surface area contributed by atoms with Gasteiger partial charge in [0, 0.05) is 44.3 Å². The molecule has 0 atom stereocenters. The zero-order chi connectivity index (χ0) is 12.2. The van der Waals surface area contributed by atoms with Gasteiger partial charge in [0.25, 0.3) is 0 Å². The van der Waals surface area contributed by atoms with E-state index in [1.807, 2.05) is 0 Å². The van der Waals surface area contributed by atoms with Gasteiger partial charge in [-0.15, -0.1) is 0 Å². The van der Waals surface area contributed by atoms with Gasteiger partial charge < -0.3 is 5.11 Å². The lowest BCUT2D eigenvalue weighted by molar-refractivity contribution is -0.131. The van der Waals surface area contributed by atoms with Crippen LogP contribution in [-0.4, -0.2) is 59.1 Å². The molecular weight excluding hydrogens is 204 g/mol. The van der Waals surface area contributed by atoms with Crippen LogP contribution in [0, 0.1) is 0 Å². The first kappa shape index (κ1) is 13.2. The number of carbonyl (C=O) groups is 1. The number of rotatable bonds is 3. The number of carboxylic acids is 1. The highest BCUT2D eigenvalue weighted by Crippen LogP contribution is 2.15. The standard InChI is InChI=1S/C12H22N2O2/c1-12(2,3)14-9-7-13(8-10-14)6-4-5-11(15)16/h4-5H,6-10H2,1-3H3,(H,15,16)/b5-4+. The van der Waals surface area contributed by atoms with Gasteiger partial charge in [0.05, 0.1) is 0 Å². The highest BCUT2D eigenvalue weighted by atomic mass is 16.4. The van der Waals surface area contributed by atoms with Gasteiger partial charge in [0.2, 0.25) is 0 Å². The fourth-order valence-corrected chi connectivity index (χ4v) is 1.90. The summed E-state index contributed by atoms with van der Waals surface area (Å²) in [4.78, 5) is 15.1. The number of nitrogens with zero attached hydrogens (tertiary/aromatic N) is 2. The van der Waals surface area contributed by atoms with Crippen LogP contribution in [0.15, 0.2) is 12.2 Å². The molecule has 1 aliphatic rings. The predicted octanol–water partition coefficient (Wildman–Crippen LogP) is 1.04. The Bertz CT molecular complexity index is 261. The SMILES string of the molecule is CC(C)(C)N1CCN(C/C=C/C(=O)O)CC1. The van der Waals surface area contributed by atoms with Gasteiger partial charge in [-0.05, 0) is 20.8 Å². The average molecular weight is 226 g/mol. The molecule has 0 aliphatic carbocycles. The quantitative estimate of drug-likeness (QED) is 0.730. The summed E-state index contributed by atoms with van der Waals surface area (Å²) < 4.78 is 0. The van der Waals surface area contributed by atoms with Gasteiger partial charge in [-0.2, -0.15) is 0 Å². The molecule has 4 nitrogen and oxygen atoms in total. The molecule has 92 valence electrons. The van der Waals surface area contributed by atoms with E-state index in [9.17, 15) is 4.79 Å². The second-order valence-corrected chi connectivity index (χ2v) is 5.20. The number of hydrogen-bond acceptors (Lipinski definition) is 3. The molecule has 0 radical (unpaired) electrons. The second kappa shape index (κ2) is 5.46. The molecule has 1 saturated heterocycles. The molecule has 0 amide bonds. The van der Waals surface area contributed by atoms with E-state index in [1.165, 1.54) is 6.08 Å². The van der Waals surface area contributed by atoms with Crippen molar-refractivity contribution in [2.24, 2.45) is 0 Å². The Morgan fingerprint density at radius 3 is 2.25 bits per heavy atom. The zero-order valence-electron chi connectivity index (χ0n) is 10.4. The molecule has 0 bridgehead atoms. The maximum Gasteiger partial charge on any atom is 0.328 e. The van der Waals surface area contributed by atoms with E-state index < -0.39 is 5.97 Å². The molecule has 0 unspecified atom stereocenters. The zero-order valence-corrected chi connectivity index (χ0v) is 10.4. The van der Waals surface area contributed by atoms with Crippen LogP contribution in [-0.2, 0) is 4.79 Å². The monoisotopic (exact) mass is 226 g/mol. The molecule has 16 heavy (non-hydrogen) atoms. The summed E-state index contributed by atoms with van der Waals surface area (Å²) in [6.07, 6.45) is 2.94. The van der Waals surface area contributed by atoms with Crippen LogP contribution in [0.2, 0.25) is 0 Å². The summed E-state index contributed by atoms with van der Waals surface area (Å²) in [7, 11) is 0. The van der Waals surface area contributed by atoms with Crippen LogP contribution in [0.25, 0.3) is 0 Å². The second-order valence-electron chi connectivity index (χ2n) is 5.20. The summed E-state index contributed by atoms with van der Waals surface area (Å²) in [5, 5.41) is 8.48. The Morgan fingerprint density at radius 2 is 1.81 bits per heavy atom. The maximum absolute atomic E-state index is 10.3. The van der Waals surface area contributed by atoms with Crippen molar-refractivity contribution in [3.63, 3.8) is 0 Å². The average Bonchev–Trinajstić information content (AvgIpc) is 2.16. The summed E-state index contributed by atoms with van der Waals surface area (Å²) in [5.74, 6) is -0.867. The van der Waals surface area contributed by atoms with Gasteiger partial charge in [0.15, 0.2) is 0 Å². The van der Waals surface area contributed by atoms with Crippen LogP contribution >= 0.6 is 0 Å². The maximum atomic E-state index is 10.3. The molecular formula is C12H22N2O2. The van der Waals surface area contributed by atoms with Crippen LogP contribution in [0.3, 0.4) is 0 Å². The van der Waals surface area contributed by atoms with Gasteiger partial charge in [-0.1, -0.05) is 6.08 Å². The fraction of sp³-hybridized carbons (Fsp3) is 0.750. The molecule has 1 aliphatic heterocycles. The van der Waals surface area contributed by atoms with E-state index in [1.54, 1.807) is 6.08 Å². The topological polar surface area (TPSA) is 43.8 Å². The van der Waals surface area contributed by atoms with E-state index in [0.29, 0.717) is 0 Å². The Hall–Kier alpha value is -0.870. The Kier molecular flexibility index (Phi) is 4.50. The van der Waals surface area contributed by atoms with E-state index >= 15 is 0 Å². The Balaban J connectivity index is 2.30. The first-order valence-corrected chi connectivity index (χ1v) is 5.76. The number of aliphatic carboxylic acids is 1. The summed E-state index contributed by atoms with van der Waals surface area (Å²) >= 11 is 0. The van der Waals surface area contributed by atoms with Crippen LogP contribution < -0.4 is 0 Å². The van der Waals surface area contributed by atoms with Crippen molar-refractivity contribution in [3.05, 3.63) is 12.2 Å². The van der Waals surface area contributed by atoms with Crippen LogP contribution in [0.5, 0.6) is 0 Å². The largest absolute Gasteiger partial charge is 0.478 e. The predicted molar refractivity (Wildman–Crippen MR) is 64.5 cm³/mol. The smallest absolute Gasteiger partial charge is 0.328 e. The van der Waals surface area contributed by atoms with E-state index in [4.69, 9.17) is 5.11 Å². The lowest BCUT2D eigenvalue weighted by Crippen LogP contribution is -2.53. The highest BCUT2D eigenvalue weighted by molar-refractivity contribution is 5.79. The van der Waals surface area contributed by atoms with Crippen molar-refractivity contribution in [2.45, 2.75) is 26.3 Å². The van der Waals surface area contributed by atoms with E-state index in [2.05, 4.69) is 30.6 Å². The van der Waals surface area contributed by atoms with Gasteiger partial charge in [-0.25, -0.2) is 4.79 Å².